The van der Waals surface area contributed by atoms with Crippen LogP contribution in [0.15, 0.2) is 23.1 Å². The van der Waals surface area contributed by atoms with Crippen LogP contribution in [-0.2, 0) is 21.1 Å². The van der Waals surface area contributed by atoms with Crippen LogP contribution in [0, 0.1) is 6.92 Å². The molecule has 0 radical (unpaired) electrons. The molecule has 0 saturated heterocycles. The standard InChI is InChI=1S/C12H16O4S/c1-9-6-7-10(4-3-5-12(13)14)11(8-9)17(2,15)16/h6-8H,3-5H2,1-2H3,(H,13,14). The number of carboxylic acids is 1. The maximum atomic E-state index is 11.6. The van der Waals surface area contributed by atoms with Crippen LogP contribution >= 0.6 is 0 Å². The van der Waals surface area contributed by atoms with Gasteiger partial charge in [-0.3, -0.25) is 4.79 Å². The molecule has 0 amide bonds. The third-order valence-electron chi connectivity index (χ3n) is 2.46. The van der Waals surface area contributed by atoms with Crippen LogP contribution in [-0.4, -0.2) is 25.7 Å². The molecule has 0 aliphatic carbocycles. The quantitative estimate of drug-likeness (QED) is 0.872. The first-order valence-corrected chi connectivity index (χ1v) is 7.21. The predicted molar refractivity (Wildman–Crippen MR) is 64.9 cm³/mol. The summed E-state index contributed by atoms with van der Waals surface area (Å²) in [4.78, 5) is 10.7. The fraction of sp³-hybridized carbons (Fsp3) is 0.417. The second-order valence-electron chi connectivity index (χ2n) is 4.13. The molecule has 1 N–H and O–H groups in total. The van der Waals surface area contributed by atoms with Gasteiger partial charge in [0, 0.05) is 12.7 Å². The highest BCUT2D eigenvalue weighted by molar-refractivity contribution is 7.90. The van der Waals surface area contributed by atoms with Crippen molar-refractivity contribution in [3.05, 3.63) is 29.3 Å². The first-order chi connectivity index (χ1) is 7.80. The molecular weight excluding hydrogens is 240 g/mol. The smallest absolute Gasteiger partial charge is 0.303 e. The van der Waals surface area contributed by atoms with Crippen molar-refractivity contribution in [3.8, 4) is 0 Å². The predicted octanol–water partition coefficient (Wildman–Crippen LogP) is 1.81. The lowest BCUT2D eigenvalue weighted by molar-refractivity contribution is -0.137. The summed E-state index contributed by atoms with van der Waals surface area (Å²) in [5.74, 6) is -0.863. The minimum Gasteiger partial charge on any atom is -0.481 e. The highest BCUT2D eigenvalue weighted by atomic mass is 32.2. The number of benzene rings is 1. The molecular formula is C12H16O4S. The second-order valence-corrected chi connectivity index (χ2v) is 6.11. The Bertz CT molecular complexity index is 517. The SMILES string of the molecule is Cc1ccc(CCCC(=O)O)c(S(C)(=O)=O)c1. The van der Waals surface area contributed by atoms with E-state index in [9.17, 15) is 13.2 Å². The zero-order valence-corrected chi connectivity index (χ0v) is 10.8. The summed E-state index contributed by atoms with van der Waals surface area (Å²) in [5, 5.41) is 8.55. The summed E-state index contributed by atoms with van der Waals surface area (Å²) >= 11 is 0. The van der Waals surface area contributed by atoms with Crippen molar-refractivity contribution < 1.29 is 18.3 Å². The third kappa shape index (κ3) is 4.19. The molecule has 0 saturated carbocycles. The maximum Gasteiger partial charge on any atom is 0.303 e. The lowest BCUT2D eigenvalue weighted by Gasteiger charge is -2.08. The summed E-state index contributed by atoms with van der Waals surface area (Å²) in [6.07, 6.45) is 2.13. The Morgan fingerprint density at radius 2 is 2.00 bits per heavy atom. The van der Waals surface area contributed by atoms with Crippen molar-refractivity contribution >= 4 is 15.8 Å². The van der Waals surface area contributed by atoms with E-state index < -0.39 is 15.8 Å². The fourth-order valence-corrected chi connectivity index (χ4v) is 2.69. The Labute approximate surface area is 101 Å². The van der Waals surface area contributed by atoms with E-state index >= 15 is 0 Å². The van der Waals surface area contributed by atoms with Gasteiger partial charge in [0.25, 0.3) is 0 Å². The molecule has 0 aliphatic heterocycles. The van der Waals surface area contributed by atoms with Crippen LogP contribution in [0.25, 0.3) is 0 Å². The van der Waals surface area contributed by atoms with E-state index in [4.69, 9.17) is 5.11 Å². The van der Waals surface area contributed by atoms with Gasteiger partial charge in [0.05, 0.1) is 4.90 Å². The van der Waals surface area contributed by atoms with Gasteiger partial charge in [-0.25, -0.2) is 8.42 Å². The molecule has 4 nitrogen and oxygen atoms in total. The van der Waals surface area contributed by atoms with Gasteiger partial charge < -0.3 is 5.11 Å². The molecule has 94 valence electrons. The third-order valence-corrected chi connectivity index (χ3v) is 3.64. The summed E-state index contributed by atoms with van der Waals surface area (Å²) in [6.45, 7) is 1.83. The summed E-state index contributed by atoms with van der Waals surface area (Å²) in [6, 6.07) is 5.23. The molecule has 1 aromatic rings. The molecule has 0 spiro atoms. The fourth-order valence-electron chi connectivity index (χ4n) is 1.64. The Hall–Kier alpha value is -1.36. The van der Waals surface area contributed by atoms with E-state index in [-0.39, 0.29) is 6.42 Å². The normalized spacial score (nSPS) is 11.4. The number of sulfone groups is 1. The largest absolute Gasteiger partial charge is 0.481 e. The molecule has 0 aromatic heterocycles. The number of aliphatic carboxylic acids is 1. The average molecular weight is 256 g/mol. The lowest BCUT2D eigenvalue weighted by atomic mass is 10.1. The second kappa shape index (κ2) is 5.31. The number of aryl methyl sites for hydroxylation is 2. The van der Waals surface area contributed by atoms with E-state index in [1.165, 1.54) is 6.26 Å². The van der Waals surface area contributed by atoms with Gasteiger partial charge in [0.15, 0.2) is 9.84 Å². The van der Waals surface area contributed by atoms with E-state index in [1.807, 2.05) is 13.0 Å². The molecule has 1 rings (SSSR count). The minimum atomic E-state index is -3.25. The number of hydrogen-bond donors (Lipinski definition) is 1. The monoisotopic (exact) mass is 256 g/mol. The summed E-state index contributed by atoms with van der Waals surface area (Å²) < 4.78 is 23.2. The molecule has 17 heavy (non-hydrogen) atoms. The highest BCUT2D eigenvalue weighted by Crippen LogP contribution is 2.19. The van der Waals surface area contributed by atoms with Gasteiger partial charge in [-0.1, -0.05) is 12.1 Å². The van der Waals surface area contributed by atoms with Gasteiger partial charge in [0.1, 0.15) is 0 Å². The highest BCUT2D eigenvalue weighted by Gasteiger charge is 2.13. The van der Waals surface area contributed by atoms with Crippen molar-refractivity contribution in [2.75, 3.05) is 6.26 Å². The number of carboxylic acid groups (broad SMARTS) is 1. The lowest BCUT2D eigenvalue weighted by Crippen LogP contribution is -2.04. The zero-order valence-electron chi connectivity index (χ0n) is 9.93. The topological polar surface area (TPSA) is 71.4 Å². The van der Waals surface area contributed by atoms with Crippen LogP contribution < -0.4 is 0 Å². The molecule has 0 aliphatic rings. The van der Waals surface area contributed by atoms with Gasteiger partial charge in [-0.05, 0) is 37.0 Å². The van der Waals surface area contributed by atoms with Gasteiger partial charge in [0.2, 0.25) is 0 Å². The van der Waals surface area contributed by atoms with Crippen LogP contribution in [0.1, 0.15) is 24.0 Å². The molecule has 1 aromatic carbocycles. The first-order valence-electron chi connectivity index (χ1n) is 5.32. The number of carbonyl (C=O) groups is 1. The first kappa shape index (κ1) is 13.7. The van der Waals surface area contributed by atoms with E-state index in [1.54, 1.807) is 12.1 Å². The van der Waals surface area contributed by atoms with Gasteiger partial charge in [-0.15, -0.1) is 0 Å². The molecule has 0 bridgehead atoms. The number of hydrogen-bond acceptors (Lipinski definition) is 3. The maximum absolute atomic E-state index is 11.6. The molecule has 0 fully saturated rings. The van der Waals surface area contributed by atoms with Crippen molar-refractivity contribution in [2.24, 2.45) is 0 Å². The Balaban J connectivity index is 2.95. The van der Waals surface area contributed by atoms with Crippen LogP contribution in [0.4, 0.5) is 0 Å². The van der Waals surface area contributed by atoms with Crippen molar-refractivity contribution in [2.45, 2.75) is 31.1 Å². The number of rotatable bonds is 5. The molecule has 0 unspecified atom stereocenters. The minimum absolute atomic E-state index is 0.0527. The van der Waals surface area contributed by atoms with Crippen molar-refractivity contribution in [1.82, 2.24) is 0 Å². The average Bonchev–Trinajstić information content (AvgIpc) is 2.18. The van der Waals surface area contributed by atoms with Crippen LogP contribution in [0.2, 0.25) is 0 Å². The van der Waals surface area contributed by atoms with Gasteiger partial charge >= 0.3 is 5.97 Å². The Kier molecular flexibility index (Phi) is 4.28. The van der Waals surface area contributed by atoms with E-state index in [0.29, 0.717) is 23.3 Å². The van der Waals surface area contributed by atoms with Crippen molar-refractivity contribution in [3.63, 3.8) is 0 Å². The van der Waals surface area contributed by atoms with Crippen LogP contribution in [0.3, 0.4) is 0 Å². The molecule has 0 heterocycles. The van der Waals surface area contributed by atoms with Crippen molar-refractivity contribution in [1.29, 1.82) is 0 Å². The zero-order chi connectivity index (χ0) is 13.1. The van der Waals surface area contributed by atoms with Crippen LogP contribution in [0.5, 0.6) is 0 Å². The summed E-state index contributed by atoms with van der Waals surface area (Å²) in [7, 11) is -3.25. The molecule has 5 heteroatoms. The summed E-state index contributed by atoms with van der Waals surface area (Å²) in [5.41, 5.74) is 1.58. The Morgan fingerprint density at radius 1 is 1.35 bits per heavy atom. The molecule has 0 atom stereocenters. The Morgan fingerprint density at radius 3 is 2.53 bits per heavy atom. The van der Waals surface area contributed by atoms with E-state index in [0.717, 1.165) is 5.56 Å². The van der Waals surface area contributed by atoms with Gasteiger partial charge in [-0.2, -0.15) is 0 Å². The van der Waals surface area contributed by atoms with E-state index in [2.05, 4.69) is 0 Å².